The van der Waals surface area contributed by atoms with Crippen LogP contribution in [-0.2, 0) is 5.75 Å². The Morgan fingerprint density at radius 2 is 2.11 bits per heavy atom. The van der Waals surface area contributed by atoms with E-state index in [1.807, 2.05) is 19.1 Å². The summed E-state index contributed by atoms with van der Waals surface area (Å²) in [6.07, 6.45) is 0. The van der Waals surface area contributed by atoms with E-state index in [1.165, 1.54) is 11.8 Å². The van der Waals surface area contributed by atoms with Gasteiger partial charge in [0.15, 0.2) is 6.04 Å². The number of hydrogen-bond donors (Lipinski definition) is 1. The summed E-state index contributed by atoms with van der Waals surface area (Å²) in [6.45, 7) is 1.90. The molecule has 0 spiro atoms. The van der Waals surface area contributed by atoms with Crippen molar-refractivity contribution in [1.82, 2.24) is 10.2 Å². The lowest BCUT2D eigenvalue weighted by molar-refractivity contribution is -0.425. The lowest BCUT2D eigenvalue weighted by atomic mass is 10.2. The second kappa shape index (κ2) is 5.93. The molecule has 4 nitrogen and oxygen atoms in total. The largest absolute Gasteiger partial charge is 0.410 e. The van der Waals surface area contributed by atoms with Gasteiger partial charge in [0.1, 0.15) is 0 Å². The second-order valence-electron chi connectivity index (χ2n) is 3.84. The van der Waals surface area contributed by atoms with Gasteiger partial charge in [-0.15, -0.1) is 10.2 Å². The summed E-state index contributed by atoms with van der Waals surface area (Å²) in [7, 11) is 0. The third kappa shape index (κ3) is 3.38. The maximum Gasteiger partial charge on any atom is 0.277 e. The molecule has 0 amide bonds. The number of hydrogen-bond acceptors (Lipinski definition) is 4. The van der Waals surface area contributed by atoms with E-state index in [9.17, 15) is 0 Å². The topological polar surface area (TPSA) is 66.6 Å². The fourth-order valence-corrected chi connectivity index (χ4v) is 2.29. The first-order chi connectivity index (χ1) is 8.56. The lowest BCUT2D eigenvalue weighted by Crippen LogP contribution is -2.51. The molecule has 0 radical (unpaired) electrons. The predicted molar refractivity (Wildman–Crippen MR) is 71.6 cm³/mol. The van der Waals surface area contributed by atoms with Crippen molar-refractivity contribution < 1.29 is 10.2 Å². The Bertz CT molecular complexity index is 545. The second-order valence-corrected chi connectivity index (χ2v) is 5.59. The van der Waals surface area contributed by atoms with Gasteiger partial charge in [-0.2, -0.15) is 0 Å². The van der Waals surface area contributed by atoms with Gasteiger partial charge in [0.2, 0.25) is 0 Å². The lowest BCUT2D eigenvalue weighted by Gasteiger charge is -2.00. The van der Waals surface area contributed by atoms with E-state index in [0.717, 1.165) is 5.56 Å². The third-order valence-corrected chi connectivity index (χ3v) is 3.82. The highest BCUT2D eigenvalue weighted by Gasteiger charge is 2.12. The Morgan fingerprint density at radius 3 is 2.72 bits per heavy atom. The highest BCUT2D eigenvalue weighted by Crippen LogP contribution is 2.27. The number of benzene rings is 1. The maximum atomic E-state index is 5.94. The minimum atomic E-state index is -0.00294. The van der Waals surface area contributed by atoms with Crippen LogP contribution in [-0.4, -0.2) is 10.2 Å². The van der Waals surface area contributed by atoms with Gasteiger partial charge in [0, 0.05) is 5.75 Å². The van der Waals surface area contributed by atoms with E-state index in [-0.39, 0.29) is 6.04 Å². The van der Waals surface area contributed by atoms with Gasteiger partial charge in [0.25, 0.3) is 11.1 Å². The number of quaternary nitrogens is 1. The molecule has 0 aliphatic heterocycles. The molecule has 2 rings (SSSR count). The van der Waals surface area contributed by atoms with Crippen molar-refractivity contribution in [2.24, 2.45) is 0 Å². The molecule has 2 aromatic rings. The van der Waals surface area contributed by atoms with Crippen LogP contribution in [0.4, 0.5) is 0 Å². The highest BCUT2D eigenvalue weighted by molar-refractivity contribution is 7.98. The number of rotatable bonds is 4. The van der Waals surface area contributed by atoms with Crippen LogP contribution in [0, 0.1) is 0 Å². The van der Waals surface area contributed by atoms with Crippen LogP contribution >= 0.6 is 35.0 Å². The molecule has 18 heavy (non-hydrogen) atoms. The number of thioether (sulfide) groups is 1. The van der Waals surface area contributed by atoms with Gasteiger partial charge >= 0.3 is 0 Å². The van der Waals surface area contributed by atoms with Crippen molar-refractivity contribution >= 4 is 35.0 Å². The zero-order valence-electron chi connectivity index (χ0n) is 9.69. The SMILES string of the molecule is C[C@H]([NH3+])c1nnc(SCc2ccc(Cl)c(Cl)c2)o1. The third-order valence-electron chi connectivity index (χ3n) is 2.19. The van der Waals surface area contributed by atoms with E-state index in [2.05, 4.69) is 15.9 Å². The summed E-state index contributed by atoms with van der Waals surface area (Å²) in [4.78, 5) is 0. The molecule has 0 fully saturated rings. The summed E-state index contributed by atoms with van der Waals surface area (Å²) in [6, 6.07) is 5.52. The highest BCUT2D eigenvalue weighted by atomic mass is 35.5. The van der Waals surface area contributed by atoms with Crippen LogP contribution in [0.2, 0.25) is 10.0 Å². The van der Waals surface area contributed by atoms with Gasteiger partial charge in [-0.25, -0.2) is 0 Å². The van der Waals surface area contributed by atoms with Gasteiger partial charge in [-0.05, 0) is 24.6 Å². The molecule has 0 aliphatic rings. The van der Waals surface area contributed by atoms with Crippen LogP contribution in [0.1, 0.15) is 24.4 Å². The Morgan fingerprint density at radius 1 is 1.33 bits per heavy atom. The van der Waals surface area contributed by atoms with Gasteiger partial charge < -0.3 is 10.2 Å². The average Bonchev–Trinajstić information content (AvgIpc) is 2.79. The first-order valence-corrected chi connectivity index (χ1v) is 7.03. The van der Waals surface area contributed by atoms with Crippen molar-refractivity contribution in [2.45, 2.75) is 23.9 Å². The maximum absolute atomic E-state index is 5.94. The van der Waals surface area contributed by atoms with E-state index >= 15 is 0 Å². The van der Waals surface area contributed by atoms with Crippen LogP contribution < -0.4 is 5.73 Å². The molecule has 3 N–H and O–H groups in total. The summed E-state index contributed by atoms with van der Waals surface area (Å²) < 4.78 is 5.44. The van der Waals surface area contributed by atoms with Gasteiger partial charge in [-0.1, -0.05) is 41.0 Å². The zero-order chi connectivity index (χ0) is 13.1. The molecule has 0 saturated carbocycles. The van der Waals surface area contributed by atoms with Crippen molar-refractivity contribution in [2.75, 3.05) is 0 Å². The van der Waals surface area contributed by atoms with Crippen LogP contribution in [0.25, 0.3) is 0 Å². The van der Waals surface area contributed by atoms with Crippen LogP contribution in [0.15, 0.2) is 27.8 Å². The Kier molecular flexibility index (Phi) is 4.50. The first-order valence-electron chi connectivity index (χ1n) is 5.29. The Balaban J connectivity index is 2.00. The Labute approximate surface area is 119 Å². The predicted octanol–water partition coefficient (Wildman–Crippen LogP) is 2.97. The monoisotopic (exact) mass is 304 g/mol. The van der Waals surface area contributed by atoms with E-state index in [0.29, 0.717) is 26.9 Å². The molecule has 0 saturated heterocycles. The molecule has 7 heteroatoms. The molecule has 1 atom stereocenters. The molecule has 0 bridgehead atoms. The van der Waals surface area contributed by atoms with E-state index in [1.54, 1.807) is 6.07 Å². The van der Waals surface area contributed by atoms with E-state index in [4.69, 9.17) is 27.6 Å². The molecule has 96 valence electrons. The minimum Gasteiger partial charge on any atom is -0.410 e. The summed E-state index contributed by atoms with van der Waals surface area (Å²) in [5, 5.41) is 9.49. The summed E-state index contributed by atoms with van der Waals surface area (Å²) in [5.41, 5.74) is 4.88. The molecule has 1 aromatic carbocycles. The fraction of sp³-hybridized carbons (Fsp3) is 0.273. The number of aromatic nitrogens is 2. The smallest absolute Gasteiger partial charge is 0.277 e. The standard InChI is InChI=1S/C11H11Cl2N3OS/c1-6(14)10-15-16-11(17-10)18-5-7-2-3-8(12)9(13)4-7/h2-4,6H,5,14H2,1H3/p+1/t6-/m0/s1. The van der Waals surface area contributed by atoms with Gasteiger partial charge in [0.05, 0.1) is 10.0 Å². The first kappa shape index (κ1) is 13.7. The molecule has 1 aromatic heterocycles. The van der Waals surface area contributed by atoms with Crippen molar-refractivity contribution in [1.29, 1.82) is 0 Å². The average molecular weight is 305 g/mol. The van der Waals surface area contributed by atoms with Crippen LogP contribution in [0.3, 0.4) is 0 Å². The minimum absolute atomic E-state index is 0.00294. The Hall–Kier alpha value is -0.750. The fourth-order valence-electron chi connectivity index (χ4n) is 1.25. The van der Waals surface area contributed by atoms with Crippen LogP contribution in [0.5, 0.6) is 0 Å². The summed E-state index contributed by atoms with van der Waals surface area (Å²) in [5.74, 6) is 1.25. The number of halogens is 2. The zero-order valence-corrected chi connectivity index (χ0v) is 12.0. The van der Waals surface area contributed by atoms with E-state index < -0.39 is 0 Å². The molecular weight excluding hydrogens is 293 g/mol. The van der Waals surface area contributed by atoms with Crippen molar-refractivity contribution in [3.8, 4) is 0 Å². The molecule has 1 heterocycles. The summed E-state index contributed by atoms with van der Waals surface area (Å²) >= 11 is 13.2. The molecular formula is C11H12Cl2N3OS+. The van der Waals surface area contributed by atoms with Crippen molar-refractivity contribution in [3.63, 3.8) is 0 Å². The van der Waals surface area contributed by atoms with Gasteiger partial charge in [-0.3, -0.25) is 0 Å². The number of nitrogens with zero attached hydrogens (tertiary/aromatic N) is 2. The molecule has 0 aliphatic carbocycles. The normalized spacial score (nSPS) is 12.7. The quantitative estimate of drug-likeness (QED) is 0.882. The molecule has 0 unspecified atom stereocenters. The van der Waals surface area contributed by atoms with Crippen molar-refractivity contribution in [3.05, 3.63) is 39.7 Å².